The second-order valence-corrected chi connectivity index (χ2v) is 9.06. The zero-order valence-electron chi connectivity index (χ0n) is 16.9. The van der Waals surface area contributed by atoms with Gasteiger partial charge in [-0.2, -0.15) is 12.6 Å². The summed E-state index contributed by atoms with van der Waals surface area (Å²) >= 11 is 6.23. The second kappa shape index (κ2) is 8.91. The number of para-hydroxylation sites is 1. The molecule has 0 spiro atoms. The van der Waals surface area contributed by atoms with Gasteiger partial charge in [0.1, 0.15) is 0 Å². The van der Waals surface area contributed by atoms with Crippen molar-refractivity contribution in [2.45, 2.75) is 18.1 Å². The molecule has 0 radical (unpaired) electrons. The number of rotatable bonds is 5. The van der Waals surface area contributed by atoms with Crippen LogP contribution in [0.5, 0.6) is 5.75 Å². The lowest BCUT2D eigenvalue weighted by molar-refractivity contribution is -0.117. The lowest BCUT2D eigenvalue weighted by Gasteiger charge is -2.16. The number of hydrogen-bond donors (Lipinski definition) is 2. The molecule has 0 saturated heterocycles. The number of carbonyl (C=O) groups excluding carboxylic acids is 1. The Morgan fingerprint density at radius 1 is 1.31 bits per heavy atom. The number of benzene rings is 1. The number of halogens is 1. The van der Waals surface area contributed by atoms with Crippen LogP contribution in [-0.4, -0.2) is 27.3 Å². The van der Waals surface area contributed by atoms with Crippen molar-refractivity contribution in [3.63, 3.8) is 0 Å². The van der Waals surface area contributed by atoms with Crippen molar-refractivity contribution in [1.82, 2.24) is 9.97 Å². The lowest BCUT2D eigenvalue weighted by atomic mass is 10.0. The lowest BCUT2D eigenvalue weighted by Crippen LogP contribution is -2.14. The average molecular weight is 467 g/mol. The van der Waals surface area contributed by atoms with Crippen LogP contribution < -0.4 is 10.1 Å². The normalized spacial score (nSPS) is 21.7. The summed E-state index contributed by atoms with van der Waals surface area (Å²) in [6, 6.07) is 5.96. The molecule has 1 aliphatic carbocycles. The highest BCUT2D eigenvalue weighted by Crippen LogP contribution is 2.34. The van der Waals surface area contributed by atoms with Crippen LogP contribution in [0, 0.1) is 11.7 Å². The molecule has 2 aliphatic heterocycles. The van der Waals surface area contributed by atoms with E-state index in [4.69, 9.17) is 4.74 Å². The van der Waals surface area contributed by atoms with Crippen LogP contribution in [0.25, 0.3) is 6.08 Å². The Morgan fingerprint density at radius 2 is 2.19 bits per heavy atom. The molecular weight excluding hydrogens is 447 g/mol. The first-order chi connectivity index (χ1) is 15.6. The van der Waals surface area contributed by atoms with Gasteiger partial charge in [-0.25, -0.2) is 19.4 Å². The van der Waals surface area contributed by atoms with E-state index in [-0.39, 0.29) is 23.7 Å². The minimum Gasteiger partial charge on any atom is -0.451 e. The number of nitrogens with zero attached hydrogens (tertiary/aromatic N) is 3. The number of ketones is 1. The highest BCUT2D eigenvalue weighted by molar-refractivity contribution is 8.16. The van der Waals surface area contributed by atoms with E-state index in [0.29, 0.717) is 29.7 Å². The van der Waals surface area contributed by atoms with E-state index in [9.17, 15) is 9.18 Å². The Kier molecular flexibility index (Phi) is 5.84. The summed E-state index contributed by atoms with van der Waals surface area (Å²) in [5, 5.41) is 5.97. The molecule has 3 heterocycles. The molecule has 9 heteroatoms. The quantitative estimate of drug-likeness (QED) is 0.607. The van der Waals surface area contributed by atoms with Gasteiger partial charge in [-0.15, -0.1) is 0 Å². The van der Waals surface area contributed by atoms with Crippen LogP contribution in [0.4, 0.5) is 10.3 Å². The smallest absolute Gasteiger partial charge is 0.223 e. The van der Waals surface area contributed by atoms with Gasteiger partial charge in [0.15, 0.2) is 23.1 Å². The minimum absolute atomic E-state index is 0.00860. The predicted molar refractivity (Wildman–Crippen MR) is 127 cm³/mol. The molecule has 32 heavy (non-hydrogen) atoms. The van der Waals surface area contributed by atoms with Crippen LogP contribution >= 0.6 is 24.4 Å². The number of thiol groups is 1. The molecule has 1 N–H and O–H groups in total. The first-order valence-electron chi connectivity index (χ1n) is 10.1. The zero-order valence-corrected chi connectivity index (χ0v) is 18.6. The van der Waals surface area contributed by atoms with E-state index >= 15 is 0 Å². The van der Waals surface area contributed by atoms with E-state index in [1.807, 2.05) is 0 Å². The van der Waals surface area contributed by atoms with Crippen molar-refractivity contribution in [3.05, 3.63) is 76.6 Å². The zero-order chi connectivity index (χ0) is 22.1. The van der Waals surface area contributed by atoms with Gasteiger partial charge < -0.3 is 10.1 Å². The van der Waals surface area contributed by atoms with Gasteiger partial charge in [0.05, 0.1) is 28.2 Å². The molecule has 1 aromatic carbocycles. The molecular formula is C23H19FN4O2S2. The average Bonchev–Trinajstić information content (AvgIpc) is 3.22. The summed E-state index contributed by atoms with van der Waals surface area (Å²) < 4.78 is 19.6. The van der Waals surface area contributed by atoms with Crippen LogP contribution in [0.3, 0.4) is 0 Å². The molecule has 162 valence electrons. The molecule has 1 aromatic heterocycles. The third kappa shape index (κ3) is 4.35. The Hall–Kier alpha value is -2.91. The van der Waals surface area contributed by atoms with Crippen LogP contribution in [0.2, 0.25) is 0 Å². The fourth-order valence-corrected chi connectivity index (χ4v) is 4.89. The largest absolute Gasteiger partial charge is 0.451 e. The van der Waals surface area contributed by atoms with Gasteiger partial charge in [-0.3, -0.25) is 4.79 Å². The molecule has 2 aromatic rings. The molecule has 6 nitrogen and oxygen atoms in total. The summed E-state index contributed by atoms with van der Waals surface area (Å²) in [5.41, 5.74) is 2.18. The Bertz CT molecular complexity index is 1210. The molecule has 0 bridgehead atoms. The predicted octanol–water partition coefficient (Wildman–Crippen LogP) is 4.95. The number of allylic oxidation sites excluding steroid dienone is 3. The maximum Gasteiger partial charge on any atom is 0.223 e. The maximum absolute atomic E-state index is 14.0. The molecule has 2 atom stereocenters. The van der Waals surface area contributed by atoms with E-state index in [2.05, 4.69) is 50.5 Å². The minimum atomic E-state index is -0.539. The molecule has 2 unspecified atom stereocenters. The summed E-state index contributed by atoms with van der Waals surface area (Å²) in [5.74, 6) is 0.0529. The number of carbonyl (C=O) groups is 1. The van der Waals surface area contributed by atoms with Gasteiger partial charge in [-0.05, 0) is 30.0 Å². The van der Waals surface area contributed by atoms with E-state index in [1.54, 1.807) is 36.2 Å². The number of Topliss-reactive ketones (excluding diaryl/α,β-unsaturated/α-hetero) is 1. The number of ether oxygens (including phenoxy) is 1. The number of fused-ring (bicyclic) bond motifs is 2. The fourth-order valence-electron chi connectivity index (χ4n) is 3.59. The number of thioether (sulfide) groups is 1. The Labute approximate surface area is 194 Å². The molecule has 0 amide bonds. The number of aromatic nitrogens is 2. The monoisotopic (exact) mass is 466 g/mol. The topological polar surface area (TPSA) is 76.5 Å². The molecule has 0 fully saturated rings. The van der Waals surface area contributed by atoms with Gasteiger partial charge in [0, 0.05) is 24.1 Å². The summed E-state index contributed by atoms with van der Waals surface area (Å²) in [6.07, 6.45) is 8.48. The van der Waals surface area contributed by atoms with Crippen molar-refractivity contribution < 1.29 is 13.9 Å². The summed E-state index contributed by atoms with van der Waals surface area (Å²) in [7, 11) is 0. The van der Waals surface area contributed by atoms with Crippen molar-refractivity contribution in [3.8, 4) is 5.75 Å². The third-order valence-electron chi connectivity index (χ3n) is 5.27. The van der Waals surface area contributed by atoms with Crippen LogP contribution in [0.1, 0.15) is 29.3 Å². The van der Waals surface area contributed by atoms with Crippen molar-refractivity contribution in [2.24, 2.45) is 10.9 Å². The Balaban J connectivity index is 1.34. The number of aliphatic imine (C=N–C) groups is 1. The van der Waals surface area contributed by atoms with E-state index in [0.717, 1.165) is 17.2 Å². The van der Waals surface area contributed by atoms with E-state index < -0.39 is 11.1 Å². The van der Waals surface area contributed by atoms with Crippen molar-refractivity contribution >= 4 is 47.2 Å². The fraction of sp³-hybridized carbons (Fsp3) is 0.217. The van der Waals surface area contributed by atoms with Crippen LogP contribution in [-0.2, 0) is 4.79 Å². The number of hydrogen-bond acceptors (Lipinski definition) is 8. The number of nitrogens with one attached hydrogen (secondary N) is 1. The van der Waals surface area contributed by atoms with E-state index in [1.165, 1.54) is 12.1 Å². The molecule has 5 rings (SSSR count). The first-order valence-corrected chi connectivity index (χ1v) is 11.5. The van der Waals surface area contributed by atoms with Crippen molar-refractivity contribution in [1.29, 1.82) is 0 Å². The SMILES string of the molecule is O=C1CC(S)c2nc(NCC3=CCC4C=CSC4=N3)ncc2C=C1Oc1ccccc1F. The Morgan fingerprint density at radius 3 is 3.06 bits per heavy atom. The standard InChI is InChI=1S/C23H19FN4O2S2/c24-16-3-1-2-4-18(16)30-19-9-14-11-25-23(28-21(14)20(31)10-17(19)29)26-12-15-6-5-13-7-8-32-22(13)27-15/h1-4,6-9,11,13,20,31H,5,10,12H2,(H,25,26,28). The second-order valence-electron chi connectivity index (χ2n) is 7.51. The summed E-state index contributed by atoms with van der Waals surface area (Å²) in [4.78, 5) is 26.3. The highest BCUT2D eigenvalue weighted by Gasteiger charge is 2.26. The van der Waals surface area contributed by atoms with Crippen molar-refractivity contribution in [2.75, 3.05) is 11.9 Å². The van der Waals surface area contributed by atoms with Gasteiger partial charge in [0.25, 0.3) is 0 Å². The maximum atomic E-state index is 14.0. The highest BCUT2D eigenvalue weighted by atomic mass is 32.2. The van der Waals surface area contributed by atoms with Crippen LogP contribution in [0.15, 0.2) is 64.5 Å². The molecule has 0 saturated carbocycles. The van der Waals surface area contributed by atoms with Gasteiger partial charge in [0.2, 0.25) is 5.95 Å². The first kappa shape index (κ1) is 21.0. The summed E-state index contributed by atoms with van der Waals surface area (Å²) in [6.45, 7) is 0.503. The van der Waals surface area contributed by atoms with Gasteiger partial charge in [-0.1, -0.05) is 36.0 Å². The van der Waals surface area contributed by atoms with Gasteiger partial charge >= 0.3 is 0 Å². The molecule has 3 aliphatic rings. The third-order valence-corrected chi connectivity index (χ3v) is 6.62. The number of anilines is 1.